The van der Waals surface area contributed by atoms with Crippen LogP contribution in [0.2, 0.25) is 5.02 Å². The van der Waals surface area contributed by atoms with Crippen molar-refractivity contribution in [1.29, 1.82) is 0 Å². The van der Waals surface area contributed by atoms with Gasteiger partial charge in [-0.15, -0.1) is 0 Å². The summed E-state index contributed by atoms with van der Waals surface area (Å²) in [4.78, 5) is 0.350. The molecule has 0 fully saturated rings. The number of benzene rings is 2. The van der Waals surface area contributed by atoms with Crippen molar-refractivity contribution in [3.05, 3.63) is 39.3 Å². The summed E-state index contributed by atoms with van der Waals surface area (Å²) in [6.07, 6.45) is 1.21. The van der Waals surface area contributed by atoms with Gasteiger partial charge in [0.2, 0.25) is 0 Å². The molecule has 2 aromatic carbocycles. The highest BCUT2D eigenvalue weighted by atomic mass is 79.9. The summed E-state index contributed by atoms with van der Waals surface area (Å²) in [6.45, 7) is 1.79. The minimum atomic E-state index is -3.20. The van der Waals surface area contributed by atoms with E-state index in [-0.39, 0.29) is 0 Å². The fourth-order valence-corrected chi connectivity index (χ4v) is 3.30. The van der Waals surface area contributed by atoms with E-state index in [0.717, 1.165) is 20.8 Å². The monoisotopic (exact) mass is 332 g/mol. The molecule has 2 nitrogen and oxygen atoms in total. The molecule has 0 bridgehead atoms. The van der Waals surface area contributed by atoms with Crippen LogP contribution in [0.25, 0.3) is 10.8 Å². The average molecular weight is 334 g/mol. The molecule has 0 spiro atoms. The van der Waals surface area contributed by atoms with Gasteiger partial charge in [-0.2, -0.15) is 0 Å². The zero-order valence-corrected chi connectivity index (χ0v) is 12.4. The molecule has 0 atom stereocenters. The highest BCUT2D eigenvalue weighted by Crippen LogP contribution is 2.31. The maximum atomic E-state index is 11.6. The quantitative estimate of drug-likeness (QED) is 0.791. The Morgan fingerprint density at radius 2 is 1.71 bits per heavy atom. The van der Waals surface area contributed by atoms with Crippen LogP contribution in [0.3, 0.4) is 0 Å². The number of fused-ring (bicyclic) bond motifs is 1. The van der Waals surface area contributed by atoms with Gasteiger partial charge in [-0.25, -0.2) is 8.42 Å². The van der Waals surface area contributed by atoms with E-state index in [1.807, 2.05) is 12.1 Å². The molecule has 0 aliphatic carbocycles. The van der Waals surface area contributed by atoms with Crippen molar-refractivity contribution in [1.82, 2.24) is 0 Å². The van der Waals surface area contributed by atoms with Gasteiger partial charge in [0, 0.05) is 10.7 Å². The fourth-order valence-electron chi connectivity index (χ4n) is 1.79. The first kappa shape index (κ1) is 12.9. The van der Waals surface area contributed by atoms with E-state index in [1.54, 1.807) is 19.1 Å². The van der Waals surface area contributed by atoms with Crippen LogP contribution in [0.5, 0.6) is 0 Å². The molecule has 5 heteroatoms. The maximum Gasteiger partial charge on any atom is 0.175 e. The Kier molecular flexibility index (Phi) is 3.23. The number of aryl methyl sites for hydroxylation is 1. The van der Waals surface area contributed by atoms with Gasteiger partial charge in [-0.3, -0.25) is 0 Å². The second-order valence-corrected chi connectivity index (χ2v) is 7.25. The minimum absolute atomic E-state index is 0.350. The number of halogens is 2. The standard InChI is InChI=1S/C12H10BrClO2S/c1-7-3-8-4-10(13)11(14)5-9(8)6-12(7)17(2,15)16/h3-6H,1-2H3. The molecule has 0 aliphatic rings. The lowest BCUT2D eigenvalue weighted by Gasteiger charge is -2.07. The van der Waals surface area contributed by atoms with E-state index in [9.17, 15) is 8.42 Å². The molecule has 0 saturated heterocycles. The SMILES string of the molecule is Cc1cc2cc(Br)c(Cl)cc2cc1S(C)(=O)=O. The second kappa shape index (κ2) is 4.26. The molecule has 0 amide bonds. The summed E-state index contributed by atoms with van der Waals surface area (Å²) in [6, 6.07) is 7.16. The van der Waals surface area contributed by atoms with Crippen LogP contribution in [0.15, 0.2) is 33.6 Å². The van der Waals surface area contributed by atoms with Crippen molar-refractivity contribution in [2.24, 2.45) is 0 Å². The Morgan fingerprint density at radius 1 is 1.12 bits per heavy atom. The van der Waals surface area contributed by atoms with E-state index in [2.05, 4.69) is 15.9 Å². The molecule has 0 aromatic heterocycles. The van der Waals surface area contributed by atoms with E-state index >= 15 is 0 Å². The summed E-state index contributed by atoms with van der Waals surface area (Å²) >= 11 is 9.35. The molecule has 0 saturated carbocycles. The Morgan fingerprint density at radius 3 is 2.29 bits per heavy atom. The van der Waals surface area contributed by atoms with Crippen molar-refractivity contribution < 1.29 is 8.42 Å². The number of sulfone groups is 1. The van der Waals surface area contributed by atoms with Crippen LogP contribution in [-0.4, -0.2) is 14.7 Å². The maximum absolute atomic E-state index is 11.6. The Bertz CT molecular complexity index is 708. The highest BCUT2D eigenvalue weighted by molar-refractivity contribution is 9.10. The van der Waals surface area contributed by atoms with Crippen molar-refractivity contribution in [3.8, 4) is 0 Å². The number of hydrogen-bond acceptors (Lipinski definition) is 2. The largest absolute Gasteiger partial charge is 0.224 e. The zero-order valence-electron chi connectivity index (χ0n) is 9.29. The van der Waals surface area contributed by atoms with Gasteiger partial charge in [0.25, 0.3) is 0 Å². The molecule has 2 rings (SSSR count). The van der Waals surface area contributed by atoms with Crippen molar-refractivity contribution in [2.75, 3.05) is 6.26 Å². The zero-order chi connectivity index (χ0) is 12.8. The summed E-state index contributed by atoms with van der Waals surface area (Å²) in [5, 5.41) is 2.36. The highest BCUT2D eigenvalue weighted by Gasteiger charge is 2.12. The first-order valence-electron chi connectivity index (χ1n) is 4.88. The minimum Gasteiger partial charge on any atom is -0.224 e. The van der Waals surface area contributed by atoms with Crippen LogP contribution in [0.4, 0.5) is 0 Å². The van der Waals surface area contributed by atoms with E-state index in [1.165, 1.54) is 6.26 Å². The smallest absolute Gasteiger partial charge is 0.175 e. The third-order valence-electron chi connectivity index (χ3n) is 2.57. The van der Waals surface area contributed by atoms with E-state index in [4.69, 9.17) is 11.6 Å². The van der Waals surface area contributed by atoms with Gasteiger partial charge in [-0.05, 0) is 57.4 Å². The van der Waals surface area contributed by atoms with Crippen molar-refractivity contribution >= 4 is 48.1 Å². The van der Waals surface area contributed by atoms with Crippen molar-refractivity contribution in [2.45, 2.75) is 11.8 Å². The molecule has 0 aliphatic heterocycles. The van der Waals surface area contributed by atoms with Gasteiger partial charge in [-0.1, -0.05) is 17.7 Å². The third-order valence-corrected chi connectivity index (χ3v) is 5.01. The van der Waals surface area contributed by atoms with Gasteiger partial charge in [0.05, 0.1) is 9.92 Å². The number of rotatable bonds is 1. The summed E-state index contributed by atoms with van der Waals surface area (Å²) < 4.78 is 24.0. The van der Waals surface area contributed by atoms with Crippen LogP contribution in [-0.2, 0) is 9.84 Å². The molecular formula is C12H10BrClO2S. The van der Waals surface area contributed by atoms with Gasteiger partial charge in [0.15, 0.2) is 9.84 Å². The molecule has 90 valence electrons. The predicted molar refractivity (Wildman–Crippen MR) is 74.5 cm³/mol. The van der Waals surface area contributed by atoms with Gasteiger partial charge < -0.3 is 0 Å². The molecule has 0 unspecified atom stereocenters. The second-order valence-electron chi connectivity index (χ2n) is 4.00. The molecule has 2 aromatic rings. The normalized spacial score (nSPS) is 12.0. The van der Waals surface area contributed by atoms with Crippen LogP contribution < -0.4 is 0 Å². The molecule has 17 heavy (non-hydrogen) atoms. The first-order chi connectivity index (χ1) is 7.79. The average Bonchev–Trinajstić information content (AvgIpc) is 2.18. The van der Waals surface area contributed by atoms with Crippen LogP contribution >= 0.6 is 27.5 Å². The first-order valence-corrected chi connectivity index (χ1v) is 7.95. The molecule has 0 heterocycles. The van der Waals surface area contributed by atoms with E-state index in [0.29, 0.717) is 9.92 Å². The Hall–Kier alpha value is -0.580. The lowest BCUT2D eigenvalue weighted by Crippen LogP contribution is -1.99. The van der Waals surface area contributed by atoms with Gasteiger partial charge >= 0.3 is 0 Å². The summed E-state index contributed by atoms with van der Waals surface area (Å²) in [5.41, 5.74) is 0.745. The summed E-state index contributed by atoms with van der Waals surface area (Å²) in [5.74, 6) is 0. The molecule has 0 N–H and O–H groups in total. The lowest BCUT2D eigenvalue weighted by atomic mass is 10.1. The number of hydrogen-bond donors (Lipinski definition) is 0. The molecular weight excluding hydrogens is 324 g/mol. The topological polar surface area (TPSA) is 34.1 Å². The predicted octanol–water partition coefficient (Wildman–Crippen LogP) is 3.97. The lowest BCUT2D eigenvalue weighted by molar-refractivity contribution is 0.601. The fraction of sp³-hybridized carbons (Fsp3) is 0.167. The molecule has 0 radical (unpaired) electrons. The Balaban J connectivity index is 2.86. The van der Waals surface area contributed by atoms with Crippen LogP contribution in [0, 0.1) is 6.92 Å². The third kappa shape index (κ3) is 2.49. The van der Waals surface area contributed by atoms with E-state index < -0.39 is 9.84 Å². The van der Waals surface area contributed by atoms with Crippen molar-refractivity contribution in [3.63, 3.8) is 0 Å². The van der Waals surface area contributed by atoms with Gasteiger partial charge in [0.1, 0.15) is 0 Å². The van der Waals surface area contributed by atoms with Crippen LogP contribution in [0.1, 0.15) is 5.56 Å². The Labute approximate surface area is 114 Å². The summed E-state index contributed by atoms with van der Waals surface area (Å²) in [7, 11) is -3.20.